The Hall–Kier alpha value is -3.07. The molecule has 2 aromatic heterocycles. The van der Waals surface area contributed by atoms with Crippen molar-refractivity contribution < 1.29 is 9.90 Å². The maximum Gasteiger partial charge on any atom is 0.303 e. The van der Waals surface area contributed by atoms with E-state index in [2.05, 4.69) is 14.4 Å². The zero-order valence-corrected chi connectivity index (χ0v) is 13.2. The lowest BCUT2D eigenvalue weighted by molar-refractivity contribution is -0.137. The van der Waals surface area contributed by atoms with Crippen LogP contribution in [0.25, 0.3) is 15.7 Å². The number of benzene rings is 1. The molecule has 6 heteroatoms. The summed E-state index contributed by atoms with van der Waals surface area (Å²) in [4.78, 5) is 18.4. The topological polar surface area (TPSA) is 64.4 Å². The van der Waals surface area contributed by atoms with Gasteiger partial charge in [0.25, 0.3) is 0 Å². The molecule has 0 spiro atoms. The van der Waals surface area contributed by atoms with Crippen molar-refractivity contribution in [3.63, 3.8) is 0 Å². The molecule has 1 N–H and O–H groups in total. The van der Waals surface area contributed by atoms with Gasteiger partial charge in [-0.3, -0.25) is 4.79 Å². The van der Waals surface area contributed by atoms with E-state index in [-0.39, 0.29) is 6.42 Å². The number of fused-ring (bicyclic) bond motifs is 1. The highest BCUT2D eigenvalue weighted by Crippen LogP contribution is 2.23. The predicted octanol–water partition coefficient (Wildman–Crippen LogP) is 3.69. The zero-order chi connectivity index (χ0) is 16.9. The van der Waals surface area contributed by atoms with E-state index in [9.17, 15) is 4.79 Å². The fourth-order valence-corrected chi connectivity index (χ4v) is 2.74. The summed E-state index contributed by atoms with van der Waals surface area (Å²) in [5, 5.41) is 9.75. The Morgan fingerprint density at radius 1 is 1.29 bits per heavy atom. The molecule has 3 aromatic rings. The molecule has 0 aliphatic carbocycles. The van der Waals surface area contributed by atoms with E-state index in [1.54, 1.807) is 6.33 Å². The lowest BCUT2D eigenvalue weighted by Gasteiger charge is -2.04. The minimum absolute atomic E-state index is 0.209. The van der Waals surface area contributed by atoms with Crippen molar-refractivity contribution in [2.24, 2.45) is 0 Å². The van der Waals surface area contributed by atoms with Gasteiger partial charge in [0.15, 0.2) is 5.69 Å². The Kier molecular flexibility index (Phi) is 4.62. The molecule has 1 aromatic carbocycles. The normalized spacial score (nSPS) is 10.8. The summed E-state index contributed by atoms with van der Waals surface area (Å²) in [6.07, 6.45) is 7.48. The second kappa shape index (κ2) is 7.01. The number of carboxylic acid groups (broad SMARTS) is 1. The number of rotatable bonds is 7. The highest BCUT2D eigenvalue weighted by Gasteiger charge is 2.05. The number of nitrogens with zero attached hydrogens (tertiary/aromatic N) is 4. The van der Waals surface area contributed by atoms with Crippen LogP contribution in [0.1, 0.15) is 25.0 Å². The van der Waals surface area contributed by atoms with Crippen molar-refractivity contribution in [2.45, 2.75) is 32.4 Å². The Bertz CT molecular complexity index is 901. The molecule has 0 aliphatic rings. The molecule has 6 nitrogen and oxygen atoms in total. The first-order chi connectivity index (χ1) is 11.7. The van der Waals surface area contributed by atoms with Gasteiger partial charge in [0.1, 0.15) is 0 Å². The highest BCUT2D eigenvalue weighted by molar-refractivity contribution is 5.83. The Morgan fingerprint density at radius 2 is 2.17 bits per heavy atom. The maximum atomic E-state index is 10.5. The lowest BCUT2D eigenvalue weighted by atomic mass is 10.2. The summed E-state index contributed by atoms with van der Waals surface area (Å²) < 4.78 is 4.08. The number of carboxylic acids is 1. The molecule has 0 radical (unpaired) electrons. The van der Waals surface area contributed by atoms with Crippen molar-refractivity contribution >= 4 is 22.6 Å². The van der Waals surface area contributed by atoms with Gasteiger partial charge < -0.3 is 14.2 Å². The first-order valence-electron chi connectivity index (χ1n) is 7.84. The second-order valence-electron chi connectivity index (χ2n) is 5.75. The Labute approximate surface area is 139 Å². The number of aryl methyl sites for hydroxylation is 1. The van der Waals surface area contributed by atoms with Crippen LogP contribution in [-0.2, 0) is 17.9 Å². The Balaban J connectivity index is 1.66. The number of aromatic nitrogens is 3. The van der Waals surface area contributed by atoms with Gasteiger partial charge in [-0.1, -0.05) is 12.1 Å². The average molecular weight is 322 g/mol. The van der Waals surface area contributed by atoms with Gasteiger partial charge in [-0.2, -0.15) is 0 Å². The van der Waals surface area contributed by atoms with Crippen molar-refractivity contribution in [2.75, 3.05) is 0 Å². The first kappa shape index (κ1) is 15.8. The van der Waals surface area contributed by atoms with Gasteiger partial charge in [0, 0.05) is 30.9 Å². The second-order valence-corrected chi connectivity index (χ2v) is 5.75. The summed E-state index contributed by atoms with van der Waals surface area (Å²) in [5.74, 6) is -0.750. The highest BCUT2D eigenvalue weighted by atomic mass is 16.4. The SMILES string of the molecule is [C-]#[N+]c1ccc2ccn(Cc3cn(CCCCC(=O)O)cn3)c2c1. The minimum atomic E-state index is -0.750. The largest absolute Gasteiger partial charge is 0.481 e. The zero-order valence-electron chi connectivity index (χ0n) is 13.2. The smallest absolute Gasteiger partial charge is 0.303 e. The van der Waals surface area contributed by atoms with Crippen molar-refractivity contribution in [1.29, 1.82) is 0 Å². The molecule has 0 saturated carbocycles. The van der Waals surface area contributed by atoms with Gasteiger partial charge in [-0.25, -0.2) is 9.83 Å². The summed E-state index contributed by atoms with van der Waals surface area (Å²) >= 11 is 0. The van der Waals surface area contributed by atoms with E-state index in [4.69, 9.17) is 11.7 Å². The van der Waals surface area contributed by atoms with E-state index < -0.39 is 5.97 Å². The molecular weight excluding hydrogens is 304 g/mol. The van der Waals surface area contributed by atoms with Gasteiger partial charge in [0.05, 0.1) is 25.1 Å². The van der Waals surface area contributed by atoms with Crippen LogP contribution in [0.5, 0.6) is 0 Å². The molecule has 122 valence electrons. The fraction of sp³-hybridized carbons (Fsp3) is 0.278. The Morgan fingerprint density at radius 3 is 2.96 bits per heavy atom. The minimum Gasteiger partial charge on any atom is -0.481 e. The first-order valence-corrected chi connectivity index (χ1v) is 7.84. The molecule has 0 unspecified atom stereocenters. The molecule has 0 bridgehead atoms. The van der Waals surface area contributed by atoms with Crippen molar-refractivity contribution in [1.82, 2.24) is 14.1 Å². The van der Waals surface area contributed by atoms with Crippen molar-refractivity contribution in [3.8, 4) is 0 Å². The summed E-state index contributed by atoms with van der Waals surface area (Å²) in [6, 6.07) is 7.71. The van der Waals surface area contributed by atoms with E-state index in [0.717, 1.165) is 29.6 Å². The quantitative estimate of drug-likeness (QED) is 0.533. The van der Waals surface area contributed by atoms with Crippen LogP contribution in [0.3, 0.4) is 0 Å². The summed E-state index contributed by atoms with van der Waals surface area (Å²) in [7, 11) is 0. The number of hydrogen-bond acceptors (Lipinski definition) is 2. The van der Waals surface area contributed by atoms with Crippen LogP contribution in [0.2, 0.25) is 0 Å². The maximum absolute atomic E-state index is 10.5. The molecule has 0 amide bonds. The molecule has 0 atom stereocenters. The van der Waals surface area contributed by atoms with Gasteiger partial charge in [-0.15, -0.1) is 0 Å². The molecule has 0 fully saturated rings. The van der Waals surface area contributed by atoms with Crippen LogP contribution in [0, 0.1) is 6.57 Å². The standard InChI is InChI=1S/C18H18N4O2/c1-19-15-6-5-14-7-9-22(17(14)10-15)12-16-11-21(13-20-16)8-3-2-4-18(23)24/h5-7,9-11,13H,2-4,8,12H2,(H,23,24). The van der Waals surface area contributed by atoms with E-state index in [1.165, 1.54) is 0 Å². The molecule has 24 heavy (non-hydrogen) atoms. The molecule has 0 aliphatic heterocycles. The monoisotopic (exact) mass is 322 g/mol. The van der Waals surface area contributed by atoms with Gasteiger partial charge in [-0.05, 0) is 30.4 Å². The summed E-state index contributed by atoms with van der Waals surface area (Å²) in [6.45, 7) is 8.56. The molecular formula is C18H18N4O2. The number of aliphatic carboxylic acids is 1. The van der Waals surface area contributed by atoms with Gasteiger partial charge >= 0.3 is 5.97 Å². The number of carbonyl (C=O) groups is 1. The average Bonchev–Trinajstić information content (AvgIpc) is 3.18. The summed E-state index contributed by atoms with van der Waals surface area (Å²) in [5.41, 5.74) is 2.60. The third-order valence-corrected chi connectivity index (χ3v) is 3.96. The predicted molar refractivity (Wildman–Crippen MR) is 91.0 cm³/mol. The van der Waals surface area contributed by atoms with Crippen LogP contribution < -0.4 is 0 Å². The number of unbranched alkanes of at least 4 members (excludes halogenated alkanes) is 1. The van der Waals surface area contributed by atoms with Crippen molar-refractivity contribution in [3.05, 3.63) is 60.1 Å². The van der Waals surface area contributed by atoms with Crippen LogP contribution in [0.15, 0.2) is 43.0 Å². The molecule has 0 saturated heterocycles. The number of imidazole rings is 1. The third kappa shape index (κ3) is 3.63. The number of hydrogen-bond donors (Lipinski definition) is 1. The van der Waals surface area contributed by atoms with Crippen LogP contribution in [-0.4, -0.2) is 25.2 Å². The van der Waals surface area contributed by atoms with Gasteiger partial charge in [0.2, 0.25) is 0 Å². The molecule has 2 heterocycles. The van der Waals surface area contributed by atoms with E-state index in [1.807, 2.05) is 41.2 Å². The lowest BCUT2D eigenvalue weighted by Crippen LogP contribution is -1.99. The molecule has 3 rings (SSSR count). The van der Waals surface area contributed by atoms with Crippen LogP contribution >= 0.6 is 0 Å². The van der Waals surface area contributed by atoms with E-state index in [0.29, 0.717) is 18.7 Å². The van der Waals surface area contributed by atoms with E-state index >= 15 is 0 Å². The third-order valence-electron chi connectivity index (χ3n) is 3.96. The fourth-order valence-electron chi connectivity index (χ4n) is 2.74. The van der Waals surface area contributed by atoms with Crippen LogP contribution in [0.4, 0.5) is 5.69 Å².